The first-order valence-corrected chi connectivity index (χ1v) is 9.73. The highest BCUT2D eigenvalue weighted by Crippen LogP contribution is 2.23. The average Bonchev–Trinajstić information content (AvgIpc) is 2.89. The molecule has 0 radical (unpaired) electrons. The normalized spacial score (nSPS) is 15.0. The van der Waals surface area contributed by atoms with Gasteiger partial charge in [0.1, 0.15) is 5.76 Å². The van der Waals surface area contributed by atoms with Crippen molar-refractivity contribution in [2.75, 3.05) is 12.8 Å². The fourth-order valence-corrected chi connectivity index (χ4v) is 3.76. The van der Waals surface area contributed by atoms with Crippen LogP contribution in [0, 0.1) is 13.8 Å². The maximum Gasteiger partial charge on any atom is 0.253 e. The molecule has 0 saturated heterocycles. The van der Waals surface area contributed by atoms with Gasteiger partial charge >= 0.3 is 0 Å². The average molecular weight is 364 g/mol. The van der Waals surface area contributed by atoms with E-state index in [1.54, 1.807) is 13.1 Å². The van der Waals surface area contributed by atoms with Gasteiger partial charge in [0.05, 0.1) is 17.5 Å². The molecule has 9 heteroatoms. The molecule has 0 fully saturated rings. The van der Waals surface area contributed by atoms with Gasteiger partial charge in [0.25, 0.3) is 5.91 Å². The first-order valence-electron chi connectivity index (χ1n) is 7.88. The molecule has 8 nitrogen and oxygen atoms in total. The molecule has 0 bridgehead atoms. The maximum absolute atomic E-state index is 12.6. The van der Waals surface area contributed by atoms with Crippen LogP contribution in [-0.4, -0.2) is 41.6 Å². The van der Waals surface area contributed by atoms with E-state index >= 15 is 0 Å². The van der Waals surface area contributed by atoms with Gasteiger partial charge in [0.2, 0.25) is 10.0 Å². The van der Waals surface area contributed by atoms with Crippen LogP contribution in [0.5, 0.6) is 0 Å². The zero-order chi connectivity index (χ0) is 18.2. The Morgan fingerprint density at radius 2 is 2.12 bits per heavy atom. The van der Waals surface area contributed by atoms with Crippen LogP contribution in [0.2, 0.25) is 0 Å². The van der Waals surface area contributed by atoms with E-state index in [-0.39, 0.29) is 12.5 Å². The molecular weight excluding hydrogens is 344 g/mol. The minimum atomic E-state index is -3.26. The molecule has 0 atom stereocenters. The summed E-state index contributed by atoms with van der Waals surface area (Å²) in [6.45, 7) is 4.54. The molecule has 3 rings (SSSR count). The number of nitrogens with zero attached hydrogens (tertiary/aromatic N) is 3. The number of carbonyl (C=O) groups is 1. The predicted molar refractivity (Wildman–Crippen MR) is 90.3 cm³/mol. The van der Waals surface area contributed by atoms with Crippen LogP contribution >= 0.6 is 0 Å². The van der Waals surface area contributed by atoms with Gasteiger partial charge in [-0.15, -0.1) is 0 Å². The minimum absolute atomic E-state index is 0.239. The molecule has 0 spiro atoms. The fraction of sp³-hybridized carbons (Fsp3) is 0.438. The van der Waals surface area contributed by atoms with Gasteiger partial charge in [-0.1, -0.05) is 5.16 Å². The summed E-state index contributed by atoms with van der Waals surface area (Å²) in [5.41, 5.74) is 3.70. The topological polar surface area (TPSA) is 105 Å². The molecular formula is C16H20N4O4S. The monoisotopic (exact) mass is 364 g/mol. The summed E-state index contributed by atoms with van der Waals surface area (Å²) in [7, 11) is -3.26. The standard InChI is InChI=1S/C16H20N4O4S/c1-10-14(11(2)24-19-10)8-18-16(21)15-7-17-6-12-9-20(25(3,22)23)5-4-13(12)15/h6-7H,4-5,8-9H2,1-3H3,(H,18,21). The molecule has 0 saturated carbocycles. The lowest BCUT2D eigenvalue weighted by atomic mass is 9.98. The molecule has 1 aliphatic rings. The maximum atomic E-state index is 12.6. The minimum Gasteiger partial charge on any atom is -0.361 e. The van der Waals surface area contributed by atoms with E-state index in [0.717, 1.165) is 22.4 Å². The van der Waals surface area contributed by atoms with E-state index in [9.17, 15) is 13.2 Å². The number of nitrogens with one attached hydrogen (secondary N) is 1. The SMILES string of the molecule is Cc1noc(C)c1CNC(=O)c1cncc2c1CCN(S(C)(=O)=O)C2. The Hall–Kier alpha value is -2.26. The Kier molecular flexibility index (Phi) is 4.61. The quantitative estimate of drug-likeness (QED) is 0.865. The van der Waals surface area contributed by atoms with Gasteiger partial charge in [0, 0.05) is 37.6 Å². The smallest absolute Gasteiger partial charge is 0.253 e. The number of aryl methyl sites for hydroxylation is 2. The lowest BCUT2D eigenvalue weighted by Gasteiger charge is -2.27. The van der Waals surface area contributed by atoms with Crippen LogP contribution in [0.4, 0.5) is 0 Å². The number of amides is 1. The number of fused-ring (bicyclic) bond motifs is 1. The predicted octanol–water partition coefficient (Wildman–Crippen LogP) is 0.934. The number of sulfonamides is 1. The second-order valence-corrected chi connectivity index (χ2v) is 8.14. The van der Waals surface area contributed by atoms with Crippen molar-refractivity contribution in [1.29, 1.82) is 0 Å². The summed E-state index contributed by atoms with van der Waals surface area (Å²) in [5.74, 6) is 0.437. The Morgan fingerprint density at radius 1 is 1.36 bits per heavy atom. The summed E-state index contributed by atoms with van der Waals surface area (Å²) in [5, 5.41) is 6.73. The first-order chi connectivity index (χ1) is 11.8. The van der Waals surface area contributed by atoms with Gasteiger partial charge in [0.15, 0.2) is 0 Å². The molecule has 0 aromatic carbocycles. The van der Waals surface area contributed by atoms with Crippen LogP contribution in [0.25, 0.3) is 0 Å². The van der Waals surface area contributed by atoms with Crippen LogP contribution in [-0.2, 0) is 29.5 Å². The Labute approximate surface area is 146 Å². The van der Waals surface area contributed by atoms with E-state index in [1.807, 2.05) is 6.92 Å². The van der Waals surface area contributed by atoms with E-state index in [0.29, 0.717) is 30.8 Å². The Morgan fingerprint density at radius 3 is 2.76 bits per heavy atom. The number of rotatable bonds is 4. The van der Waals surface area contributed by atoms with Gasteiger partial charge in [-0.25, -0.2) is 8.42 Å². The lowest BCUT2D eigenvalue weighted by Crippen LogP contribution is -2.36. The van der Waals surface area contributed by atoms with Gasteiger partial charge < -0.3 is 9.84 Å². The largest absolute Gasteiger partial charge is 0.361 e. The molecule has 134 valence electrons. The number of aromatic nitrogens is 2. The van der Waals surface area contributed by atoms with Crippen LogP contribution in [0.1, 0.15) is 38.5 Å². The number of pyridine rings is 1. The molecule has 2 aromatic heterocycles. The van der Waals surface area contributed by atoms with Gasteiger partial charge in [-0.3, -0.25) is 9.78 Å². The first kappa shape index (κ1) is 17.6. The molecule has 0 unspecified atom stereocenters. The van der Waals surface area contributed by atoms with E-state index in [2.05, 4.69) is 15.5 Å². The van der Waals surface area contributed by atoms with Crippen molar-refractivity contribution in [3.63, 3.8) is 0 Å². The third-order valence-electron chi connectivity index (χ3n) is 4.43. The highest BCUT2D eigenvalue weighted by molar-refractivity contribution is 7.88. The molecule has 1 N–H and O–H groups in total. The molecule has 0 aliphatic carbocycles. The molecule has 3 heterocycles. The van der Waals surface area contributed by atoms with Crippen molar-refractivity contribution in [3.8, 4) is 0 Å². The van der Waals surface area contributed by atoms with Crippen molar-refractivity contribution >= 4 is 15.9 Å². The molecule has 2 aromatic rings. The van der Waals surface area contributed by atoms with Crippen molar-refractivity contribution in [2.45, 2.75) is 33.4 Å². The highest BCUT2D eigenvalue weighted by atomic mass is 32.2. The summed E-state index contributed by atoms with van der Waals surface area (Å²) in [4.78, 5) is 16.7. The third kappa shape index (κ3) is 3.57. The summed E-state index contributed by atoms with van der Waals surface area (Å²) >= 11 is 0. The second kappa shape index (κ2) is 6.57. The zero-order valence-corrected chi connectivity index (χ0v) is 15.2. The van der Waals surface area contributed by atoms with E-state index in [1.165, 1.54) is 16.8 Å². The Bertz CT molecular complexity index is 901. The number of carbonyl (C=O) groups excluding carboxylic acids is 1. The highest BCUT2D eigenvalue weighted by Gasteiger charge is 2.26. The van der Waals surface area contributed by atoms with Crippen molar-refractivity contribution in [1.82, 2.24) is 19.8 Å². The fourth-order valence-electron chi connectivity index (χ4n) is 2.96. The molecule has 25 heavy (non-hydrogen) atoms. The number of hydrogen-bond donors (Lipinski definition) is 1. The Balaban J connectivity index is 1.79. The number of hydrogen-bond acceptors (Lipinski definition) is 6. The van der Waals surface area contributed by atoms with Crippen LogP contribution in [0.3, 0.4) is 0 Å². The second-order valence-electron chi connectivity index (χ2n) is 6.16. The van der Waals surface area contributed by atoms with Crippen molar-refractivity contribution in [2.24, 2.45) is 0 Å². The lowest BCUT2D eigenvalue weighted by molar-refractivity contribution is 0.0949. The summed E-state index contributed by atoms with van der Waals surface area (Å²) in [6, 6.07) is 0. The third-order valence-corrected chi connectivity index (χ3v) is 5.67. The van der Waals surface area contributed by atoms with Gasteiger partial charge in [-0.2, -0.15) is 4.31 Å². The zero-order valence-electron chi connectivity index (χ0n) is 14.4. The molecule has 1 aliphatic heterocycles. The summed E-state index contributed by atoms with van der Waals surface area (Å²) < 4.78 is 29.9. The van der Waals surface area contributed by atoms with Crippen molar-refractivity contribution in [3.05, 3.63) is 46.1 Å². The van der Waals surface area contributed by atoms with Crippen LogP contribution < -0.4 is 5.32 Å². The van der Waals surface area contributed by atoms with E-state index in [4.69, 9.17) is 4.52 Å². The summed E-state index contributed by atoms with van der Waals surface area (Å²) in [6.07, 6.45) is 4.82. The van der Waals surface area contributed by atoms with E-state index < -0.39 is 10.0 Å². The van der Waals surface area contributed by atoms with Crippen LogP contribution in [0.15, 0.2) is 16.9 Å². The van der Waals surface area contributed by atoms with Crippen molar-refractivity contribution < 1.29 is 17.7 Å². The molecule has 1 amide bonds. The van der Waals surface area contributed by atoms with Gasteiger partial charge in [-0.05, 0) is 31.4 Å².